The number of halogens is 1. The molecule has 152 valence electrons. The van der Waals surface area contributed by atoms with Gasteiger partial charge in [-0.1, -0.05) is 24.1 Å². The molecule has 29 heavy (non-hydrogen) atoms. The minimum atomic E-state index is -0.383. The van der Waals surface area contributed by atoms with Gasteiger partial charge in [-0.05, 0) is 63.1 Å². The number of nitrogens with one attached hydrogen (secondary N) is 2. The normalized spacial score (nSPS) is 25.9. The molecule has 0 saturated heterocycles. The monoisotopic (exact) mass is 412 g/mol. The number of rotatable bonds is 4. The van der Waals surface area contributed by atoms with Crippen LogP contribution in [0.1, 0.15) is 54.6 Å². The zero-order valence-electron chi connectivity index (χ0n) is 16.5. The summed E-state index contributed by atoms with van der Waals surface area (Å²) in [4.78, 5) is 34.2. The molecular weight excluding hydrogens is 388 g/mol. The molecule has 7 heteroatoms. The van der Waals surface area contributed by atoms with Gasteiger partial charge in [0, 0.05) is 28.2 Å². The van der Waals surface area contributed by atoms with Crippen LogP contribution in [-0.2, 0) is 4.79 Å². The predicted octanol–water partition coefficient (Wildman–Crippen LogP) is 4.15. The van der Waals surface area contributed by atoms with Gasteiger partial charge >= 0.3 is 0 Å². The summed E-state index contributed by atoms with van der Waals surface area (Å²) >= 11 is 6.02. The molecule has 1 aromatic carbocycles. The Morgan fingerprint density at radius 3 is 2.86 bits per heavy atom. The molecule has 0 radical (unpaired) electrons. The molecule has 0 aliphatic heterocycles. The van der Waals surface area contributed by atoms with Crippen LogP contribution in [0.4, 0.5) is 5.82 Å². The van der Waals surface area contributed by atoms with Crippen molar-refractivity contribution in [2.45, 2.75) is 51.5 Å². The van der Waals surface area contributed by atoms with Gasteiger partial charge in [-0.2, -0.15) is 0 Å². The average molecular weight is 413 g/mol. The highest BCUT2D eigenvalue weighted by Gasteiger charge is 2.49. The summed E-state index contributed by atoms with van der Waals surface area (Å²) in [5.74, 6) is 0.732. The Bertz CT molecular complexity index is 935. The van der Waals surface area contributed by atoms with Crippen molar-refractivity contribution in [2.75, 3.05) is 5.32 Å². The molecule has 2 saturated carbocycles. The fourth-order valence-electron chi connectivity index (χ4n) is 4.80. The lowest BCUT2D eigenvalue weighted by atomic mass is 9.81. The fraction of sp³-hybridized carbons (Fsp3) is 0.455. The quantitative estimate of drug-likeness (QED) is 0.790. The largest absolute Gasteiger partial charge is 0.349 e. The van der Waals surface area contributed by atoms with E-state index in [1.807, 2.05) is 6.92 Å². The lowest BCUT2D eigenvalue weighted by Crippen LogP contribution is -2.39. The Labute approximate surface area is 175 Å². The van der Waals surface area contributed by atoms with Gasteiger partial charge in [0.2, 0.25) is 5.91 Å². The number of aryl methyl sites for hydroxylation is 1. The second-order valence-corrected chi connectivity index (χ2v) is 8.70. The molecule has 6 nitrogen and oxygen atoms in total. The maximum absolute atomic E-state index is 13.1. The molecule has 3 unspecified atom stereocenters. The molecule has 4 rings (SSSR count). The molecule has 2 amide bonds. The second-order valence-electron chi connectivity index (χ2n) is 8.27. The average Bonchev–Trinajstić information content (AvgIpc) is 3.04. The van der Waals surface area contributed by atoms with Crippen molar-refractivity contribution in [1.82, 2.24) is 15.3 Å². The summed E-state index contributed by atoms with van der Waals surface area (Å²) in [5.41, 5.74) is 0.960. The summed E-state index contributed by atoms with van der Waals surface area (Å²) in [6, 6.07) is 7.07. The van der Waals surface area contributed by atoms with E-state index in [9.17, 15) is 9.59 Å². The number of amides is 2. The van der Waals surface area contributed by atoms with E-state index in [1.165, 1.54) is 0 Å². The second kappa shape index (κ2) is 8.11. The summed E-state index contributed by atoms with van der Waals surface area (Å²) in [6.07, 6.45) is 8.44. The van der Waals surface area contributed by atoms with E-state index in [0.717, 1.165) is 44.2 Å². The molecule has 2 fully saturated rings. The minimum Gasteiger partial charge on any atom is -0.349 e. The van der Waals surface area contributed by atoms with Crippen molar-refractivity contribution >= 4 is 29.2 Å². The molecule has 2 aromatic rings. The van der Waals surface area contributed by atoms with Crippen LogP contribution >= 0.6 is 11.6 Å². The first-order chi connectivity index (χ1) is 13.9. The summed E-state index contributed by atoms with van der Waals surface area (Å²) in [7, 11) is 0. The lowest BCUT2D eigenvalue weighted by molar-refractivity contribution is -0.125. The molecule has 2 bridgehead atoms. The van der Waals surface area contributed by atoms with Crippen LogP contribution < -0.4 is 10.6 Å². The predicted molar refractivity (Wildman–Crippen MR) is 112 cm³/mol. The van der Waals surface area contributed by atoms with E-state index in [4.69, 9.17) is 11.6 Å². The highest BCUT2D eigenvalue weighted by Crippen LogP contribution is 2.50. The third kappa shape index (κ3) is 4.27. The highest BCUT2D eigenvalue weighted by molar-refractivity contribution is 6.30. The number of hydrogen-bond donors (Lipinski definition) is 2. The van der Waals surface area contributed by atoms with Gasteiger partial charge in [-0.3, -0.25) is 14.6 Å². The van der Waals surface area contributed by atoms with Gasteiger partial charge in [-0.15, -0.1) is 0 Å². The number of benzene rings is 1. The number of nitrogens with zero attached hydrogens (tertiary/aromatic N) is 2. The molecule has 3 atom stereocenters. The molecule has 2 aliphatic rings. The van der Waals surface area contributed by atoms with Crippen molar-refractivity contribution in [3.8, 4) is 0 Å². The molecule has 1 aromatic heterocycles. The van der Waals surface area contributed by atoms with Crippen molar-refractivity contribution in [2.24, 2.45) is 11.3 Å². The first-order valence-corrected chi connectivity index (χ1v) is 10.5. The standard InChI is InChI=1S/C22H25ClN4O2/c1-14-12-24-13-19(25-14)27-21(29)22-8-3-6-18(16(11-22)7-9-22)26-20(28)15-4-2-5-17(23)10-15/h2,4-5,10,12-13,16,18H,3,6-9,11H2,1H3,(H,26,28)(H,25,27,29). The van der Waals surface area contributed by atoms with Gasteiger partial charge < -0.3 is 10.6 Å². The smallest absolute Gasteiger partial charge is 0.251 e. The van der Waals surface area contributed by atoms with Crippen molar-refractivity contribution in [3.63, 3.8) is 0 Å². The number of anilines is 1. The Kier molecular flexibility index (Phi) is 5.54. The summed E-state index contributed by atoms with van der Waals surface area (Å²) in [5, 5.41) is 6.71. The van der Waals surface area contributed by atoms with Crippen LogP contribution in [0.2, 0.25) is 5.02 Å². The van der Waals surface area contributed by atoms with Gasteiger partial charge in [0.1, 0.15) is 0 Å². The molecule has 2 aliphatic carbocycles. The number of fused-ring (bicyclic) bond motifs is 2. The Hall–Kier alpha value is -2.47. The number of aromatic nitrogens is 2. The zero-order valence-corrected chi connectivity index (χ0v) is 17.2. The van der Waals surface area contributed by atoms with Crippen molar-refractivity contribution in [3.05, 3.63) is 52.9 Å². The van der Waals surface area contributed by atoms with E-state index in [0.29, 0.717) is 22.3 Å². The van der Waals surface area contributed by atoms with Crippen LogP contribution in [0.3, 0.4) is 0 Å². The Morgan fingerprint density at radius 2 is 2.07 bits per heavy atom. The SMILES string of the molecule is Cc1cncc(NC(=O)C23CCCC(NC(=O)c4cccc(Cl)c4)C(CC2)C3)n1. The molecule has 0 spiro atoms. The third-order valence-electron chi connectivity index (χ3n) is 6.27. The summed E-state index contributed by atoms with van der Waals surface area (Å²) in [6.45, 7) is 1.85. The van der Waals surface area contributed by atoms with Crippen LogP contribution in [0.15, 0.2) is 36.7 Å². The van der Waals surface area contributed by atoms with E-state index in [-0.39, 0.29) is 23.3 Å². The number of carbonyl (C=O) groups is 2. The molecular formula is C22H25ClN4O2. The minimum absolute atomic E-state index is 0.0294. The van der Waals surface area contributed by atoms with Gasteiger partial charge in [0.25, 0.3) is 5.91 Å². The number of hydrogen-bond acceptors (Lipinski definition) is 4. The maximum Gasteiger partial charge on any atom is 0.251 e. The topological polar surface area (TPSA) is 84.0 Å². The van der Waals surface area contributed by atoms with Crippen LogP contribution in [0.5, 0.6) is 0 Å². The Morgan fingerprint density at radius 1 is 1.21 bits per heavy atom. The van der Waals surface area contributed by atoms with E-state index in [1.54, 1.807) is 36.7 Å². The molecule has 2 N–H and O–H groups in total. The van der Waals surface area contributed by atoms with Crippen LogP contribution in [0, 0.1) is 18.3 Å². The van der Waals surface area contributed by atoms with E-state index in [2.05, 4.69) is 20.6 Å². The van der Waals surface area contributed by atoms with E-state index >= 15 is 0 Å². The Balaban J connectivity index is 1.44. The van der Waals surface area contributed by atoms with Crippen LogP contribution in [-0.4, -0.2) is 27.8 Å². The highest BCUT2D eigenvalue weighted by atomic mass is 35.5. The van der Waals surface area contributed by atoms with Gasteiger partial charge in [0.05, 0.1) is 11.9 Å². The zero-order chi connectivity index (χ0) is 20.4. The molecule has 1 heterocycles. The van der Waals surface area contributed by atoms with Gasteiger partial charge in [-0.25, -0.2) is 4.98 Å². The third-order valence-corrected chi connectivity index (χ3v) is 6.50. The fourth-order valence-corrected chi connectivity index (χ4v) is 4.99. The van der Waals surface area contributed by atoms with Gasteiger partial charge in [0.15, 0.2) is 5.82 Å². The summed E-state index contributed by atoms with van der Waals surface area (Å²) < 4.78 is 0. The van der Waals surface area contributed by atoms with Crippen molar-refractivity contribution < 1.29 is 9.59 Å². The van der Waals surface area contributed by atoms with Crippen molar-refractivity contribution in [1.29, 1.82) is 0 Å². The first kappa shape index (κ1) is 19.8. The first-order valence-electron chi connectivity index (χ1n) is 10.1. The van der Waals surface area contributed by atoms with Crippen LogP contribution in [0.25, 0.3) is 0 Å². The maximum atomic E-state index is 13.1. The van der Waals surface area contributed by atoms with E-state index < -0.39 is 0 Å². The number of carbonyl (C=O) groups excluding carboxylic acids is 2. The lowest BCUT2D eigenvalue weighted by Gasteiger charge is -2.26.